The third kappa shape index (κ3) is 3.91. The summed E-state index contributed by atoms with van der Waals surface area (Å²) >= 11 is 0. The van der Waals surface area contributed by atoms with Gasteiger partial charge < -0.3 is 10.1 Å². The zero-order chi connectivity index (χ0) is 20.4. The summed E-state index contributed by atoms with van der Waals surface area (Å²) in [7, 11) is 0. The Morgan fingerprint density at radius 3 is 2.90 bits per heavy atom. The number of ether oxygens (including phenoxy) is 1. The number of halogens is 2. The summed E-state index contributed by atoms with van der Waals surface area (Å²) in [5, 5.41) is 9.29. The molecule has 2 aromatic carbocycles. The van der Waals surface area contributed by atoms with E-state index in [0.29, 0.717) is 47.7 Å². The molecule has 1 aromatic heterocycles. The molecule has 0 spiro atoms. The van der Waals surface area contributed by atoms with Crippen molar-refractivity contribution in [1.82, 2.24) is 15.5 Å². The highest BCUT2D eigenvalue weighted by Gasteiger charge is 2.26. The highest BCUT2D eigenvalue weighted by atomic mass is 19.1. The molecule has 0 fully saturated rings. The number of nitrogens with one attached hydrogen (secondary N) is 2. The monoisotopic (exact) mass is 398 g/mol. The fraction of sp³-hybridized carbons (Fsp3) is 0.238. The minimum Gasteiger partial charge on any atom is -0.494 e. The number of aromatic nitrogens is 2. The SMILES string of the molecule is CCOc1cc(F)cc(CNC(=O)N2CCc3cc(-c4cn[nH]c4)c(F)cc32)c1. The smallest absolute Gasteiger partial charge is 0.322 e. The third-order valence-electron chi connectivity index (χ3n) is 4.80. The Bertz CT molecular complexity index is 1040. The lowest BCUT2D eigenvalue weighted by atomic mass is 10.0. The lowest BCUT2D eigenvalue weighted by Gasteiger charge is -2.19. The van der Waals surface area contributed by atoms with Crippen molar-refractivity contribution in [3.63, 3.8) is 0 Å². The predicted molar refractivity (Wildman–Crippen MR) is 105 cm³/mol. The number of fused-ring (bicyclic) bond motifs is 1. The van der Waals surface area contributed by atoms with E-state index in [1.165, 1.54) is 23.1 Å². The molecule has 0 saturated carbocycles. The second-order valence-electron chi connectivity index (χ2n) is 6.74. The summed E-state index contributed by atoms with van der Waals surface area (Å²) < 4.78 is 33.6. The topological polar surface area (TPSA) is 70.2 Å². The Morgan fingerprint density at radius 2 is 2.14 bits per heavy atom. The summed E-state index contributed by atoms with van der Waals surface area (Å²) in [6, 6.07) is 7.09. The second kappa shape index (κ2) is 7.90. The molecule has 0 radical (unpaired) electrons. The Morgan fingerprint density at radius 1 is 1.28 bits per heavy atom. The van der Waals surface area contributed by atoms with Crippen molar-refractivity contribution in [2.75, 3.05) is 18.1 Å². The van der Waals surface area contributed by atoms with Crippen LogP contribution in [0.5, 0.6) is 5.75 Å². The maximum absolute atomic E-state index is 14.6. The Kier molecular flexibility index (Phi) is 5.16. The summed E-state index contributed by atoms with van der Waals surface area (Å²) in [5.74, 6) is -0.436. The van der Waals surface area contributed by atoms with Crippen LogP contribution < -0.4 is 15.0 Å². The molecule has 2 heterocycles. The number of aromatic amines is 1. The van der Waals surface area contributed by atoms with Crippen molar-refractivity contribution in [1.29, 1.82) is 0 Å². The number of rotatable bonds is 5. The minimum absolute atomic E-state index is 0.137. The molecule has 0 bridgehead atoms. The quantitative estimate of drug-likeness (QED) is 0.682. The van der Waals surface area contributed by atoms with Gasteiger partial charge in [0, 0.05) is 36.5 Å². The molecule has 8 heteroatoms. The molecule has 0 saturated heterocycles. The summed E-state index contributed by atoms with van der Waals surface area (Å²) in [6.07, 6.45) is 3.81. The van der Waals surface area contributed by atoms with E-state index in [1.54, 1.807) is 24.5 Å². The first-order valence-electron chi connectivity index (χ1n) is 9.34. The molecule has 0 unspecified atom stereocenters. The number of carbonyl (C=O) groups is 1. The maximum Gasteiger partial charge on any atom is 0.322 e. The predicted octanol–water partition coefficient (Wildman–Crippen LogP) is 4.03. The largest absolute Gasteiger partial charge is 0.494 e. The molecule has 1 aliphatic heterocycles. The van der Waals surface area contributed by atoms with Gasteiger partial charge in [-0.05, 0) is 48.7 Å². The fourth-order valence-electron chi connectivity index (χ4n) is 3.49. The summed E-state index contributed by atoms with van der Waals surface area (Å²) in [6.45, 7) is 2.82. The molecule has 6 nitrogen and oxygen atoms in total. The highest BCUT2D eigenvalue weighted by molar-refractivity contribution is 5.94. The Labute approximate surface area is 166 Å². The van der Waals surface area contributed by atoms with Crippen LogP contribution in [0.15, 0.2) is 42.7 Å². The van der Waals surface area contributed by atoms with Crippen LogP contribution in [0.25, 0.3) is 11.1 Å². The van der Waals surface area contributed by atoms with Crippen molar-refractivity contribution in [2.24, 2.45) is 0 Å². The minimum atomic E-state index is -0.430. The zero-order valence-electron chi connectivity index (χ0n) is 15.8. The van der Waals surface area contributed by atoms with Crippen LogP contribution in [0.3, 0.4) is 0 Å². The van der Waals surface area contributed by atoms with Crippen LogP contribution >= 0.6 is 0 Å². The van der Waals surface area contributed by atoms with Gasteiger partial charge in [-0.15, -0.1) is 0 Å². The average Bonchev–Trinajstić information content (AvgIpc) is 3.35. The van der Waals surface area contributed by atoms with E-state index < -0.39 is 11.6 Å². The van der Waals surface area contributed by atoms with E-state index >= 15 is 0 Å². The number of nitrogens with zero attached hydrogens (tertiary/aromatic N) is 2. The first-order chi connectivity index (χ1) is 14.0. The normalized spacial score (nSPS) is 12.7. The maximum atomic E-state index is 14.6. The summed E-state index contributed by atoms with van der Waals surface area (Å²) in [5.41, 5.74) is 3.12. The Hall–Kier alpha value is -3.42. The molecule has 0 atom stereocenters. The molecule has 3 aromatic rings. The van der Waals surface area contributed by atoms with E-state index in [9.17, 15) is 13.6 Å². The third-order valence-corrected chi connectivity index (χ3v) is 4.80. The van der Waals surface area contributed by atoms with Crippen LogP contribution in [-0.2, 0) is 13.0 Å². The van der Waals surface area contributed by atoms with Crippen molar-refractivity contribution in [2.45, 2.75) is 19.9 Å². The van der Waals surface area contributed by atoms with Crippen molar-refractivity contribution in [3.05, 3.63) is 65.5 Å². The summed E-state index contributed by atoms with van der Waals surface area (Å²) in [4.78, 5) is 14.2. The number of anilines is 1. The van der Waals surface area contributed by atoms with Gasteiger partial charge in [-0.1, -0.05) is 0 Å². The van der Waals surface area contributed by atoms with Gasteiger partial charge in [0.2, 0.25) is 0 Å². The molecule has 0 aliphatic carbocycles. The van der Waals surface area contributed by atoms with Crippen molar-refractivity contribution < 1.29 is 18.3 Å². The molecule has 2 N–H and O–H groups in total. The van der Waals surface area contributed by atoms with E-state index in [-0.39, 0.29) is 12.6 Å². The molecule has 2 amide bonds. The van der Waals surface area contributed by atoms with E-state index in [0.717, 1.165) is 5.56 Å². The lowest BCUT2D eigenvalue weighted by molar-refractivity contribution is 0.246. The van der Waals surface area contributed by atoms with Gasteiger partial charge in [0.1, 0.15) is 17.4 Å². The van der Waals surface area contributed by atoms with Gasteiger partial charge in [0.25, 0.3) is 0 Å². The number of H-pyrrole nitrogens is 1. The second-order valence-corrected chi connectivity index (χ2v) is 6.74. The van der Waals surface area contributed by atoms with E-state index in [2.05, 4.69) is 15.5 Å². The Balaban J connectivity index is 1.49. The van der Waals surface area contributed by atoms with Crippen LogP contribution in [0.1, 0.15) is 18.1 Å². The van der Waals surface area contributed by atoms with Crippen LogP contribution in [-0.4, -0.2) is 29.4 Å². The fourth-order valence-corrected chi connectivity index (χ4v) is 3.49. The van der Waals surface area contributed by atoms with E-state index in [1.807, 2.05) is 6.92 Å². The lowest BCUT2D eigenvalue weighted by Crippen LogP contribution is -2.38. The molecule has 150 valence electrons. The van der Waals surface area contributed by atoms with Gasteiger partial charge in [-0.3, -0.25) is 10.00 Å². The first kappa shape index (κ1) is 18.9. The van der Waals surface area contributed by atoms with Crippen LogP contribution in [0.2, 0.25) is 0 Å². The van der Waals surface area contributed by atoms with Gasteiger partial charge >= 0.3 is 6.03 Å². The number of urea groups is 1. The van der Waals surface area contributed by atoms with Crippen molar-refractivity contribution >= 4 is 11.7 Å². The molecule has 1 aliphatic rings. The number of benzene rings is 2. The average molecular weight is 398 g/mol. The molecule has 4 rings (SSSR count). The molecule has 29 heavy (non-hydrogen) atoms. The first-order valence-corrected chi connectivity index (χ1v) is 9.34. The van der Waals surface area contributed by atoms with Gasteiger partial charge in [-0.25, -0.2) is 13.6 Å². The standard InChI is InChI=1S/C21H20F2N4O2/c1-2-29-17-6-13(5-16(22)8-17)10-24-21(28)27-4-3-14-7-18(15-11-25-26-12-15)19(23)9-20(14)27/h5-9,11-12H,2-4,10H2,1H3,(H,24,28)(H,25,26). The van der Waals surface area contributed by atoms with Gasteiger partial charge in [-0.2, -0.15) is 5.10 Å². The van der Waals surface area contributed by atoms with E-state index in [4.69, 9.17) is 4.74 Å². The molecular weight excluding hydrogens is 378 g/mol. The number of amides is 2. The number of hydrogen-bond acceptors (Lipinski definition) is 3. The van der Waals surface area contributed by atoms with Crippen LogP contribution in [0.4, 0.5) is 19.3 Å². The number of hydrogen-bond donors (Lipinski definition) is 2. The highest BCUT2D eigenvalue weighted by Crippen LogP contribution is 2.34. The van der Waals surface area contributed by atoms with Gasteiger partial charge in [0.15, 0.2) is 0 Å². The van der Waals surface area contributed by atoms with Crippen LogP contribution in [0, 0.1) is 11.6 Å². The molecular formula is C21H20F2N4O2. The number of carbonyl (C=O) groups excluding carboxylic acids is 1. The zero-order valence-corrected chi connectivity index (χ0v) is 15.8. The van der Waals surface area contributed by atoms with Crippen molar-refractivity contribution in [3.8, 4) is 16.9 Å². The van der Waals surface area contributed by atoms with Gasteiger partial charge in [0.05, 0.1) is 18.5 Å².